The predicted molar refractivity (Wildman–Crippen MR) is 82.6 cm³/mol. The normalized spacial score (nSPS) is 17.2. The van der Waals surface area contributed by atoms with Crippen LogP contribution in [0.1, 0.15) is 38.5 Å². The molecule has 1 fully saturated rings. The van der Waals surface area contributed by atoms with E-state index in [9.17, 15) is 4.39 Å². The molecule has 0 atom stereocenters. The van der Waals surface area contributed by atoms with Crippen LogP contribution in [0.15, 0.2) is 41.4 Å². The zero-order valence-electron chi connectivity index (χ0n) is 13.0. The Kier molecular flexibility index (Phi) is 3.07. The van der Waals surface area contributed by atoms with Crippen LogP contribution in [0.25, 0.3) is 17.1 Å². The van der Waals surface area contributed by atoms with Crippen LogP contribution in [0.4, 0.5) is 4.39 Å². The van der Waals surface area contributed by atoms with Crippen LogP contribution in [-0.2, 0) is 0 Å². The maximum Gasteiger partial charge on any atom is 0.230 e. The Balaban J connectivity index is 1.64. The van der Waals surface area contributed by atoms with Crippen molar-refractivity contribution in [1.82, 2.24) is 19.7 Å². The van der Waals surface area contributed by atoms with Crippen LogP contribution in [0, 0.1) is 11.2 Å². The van der Waals surface area contributed by atoms with Crippen molar-refractivity contribution in [3.8, 4) is 17.1 Å². The fourth-order valence-corrected chi connectivity index (χ4v) is 3.22. The number of imidazole rings is 1. The first-order chi connectivity index (χ1) is 11.0. The molecule has 1 saturated carbocycles. The van der Waals surface area contributed by atoms with Gasteiger partial charge in [0.15, 0.2) is 0 Å². The largest absolute Gasteiger partial charge is 0.339 e. The molecule has 0 spiro atoms. The third kappa shape index (κ3) is 2.54. The van der Waals surface area contributed by atoms with Crippen LogP contribution in [0.5, 0.6) is 0 Å². The Morgan fingerprint density at radius 3 is 2.83 bits per heavy atom. The summed E-state index contributed by atoms with van der Waals surface area (Å²) in [5.41, 5.74) is 1.49. The minimum atomic E-state index is -0.323. The molecule has 0 radical (unpaired) electrons. The molecule has 1 aliphatic rings. The highest BCUT2D eigenvalue weighted by Gasteiger charge is 2.40. The summed E-state index contributed by atoms with van der Waals surface area (Å²) in [6, 6.07) is 4.78. The predicted octanol–water partition coefficient (Wildman–Crippen LogP) is 3.97. The van der Waals surface area contributed by atoms with Gasteiger partial charge in [-0.3, -0.25) is 0 Å². The molecule has 6 heteroatoms. The topological polar surface area (TPSA) is 56.7 Å². The Morgan fingerprint density at radius 2 is 2.13 bits per heavy atom. The smallest absolute Gasteiger partial charge is 0.230 e. The van der Waals surface area contributed by atoms with Crippen molar-refractivity contribution in [2.75, 3.05) is 0 Å². The molecule has 4 rings (SSSR count). The number of hydrogen-bond acceptors (Lipinski definition) is 4. The van der Waals surface area contributed by atoms with Gasteiger partial charge in [-0.15, -0.1) is 0 Å². The van der Waals surface area contributed by atoms with Crippen molar-refractivity contribution in [1.29, 1.82) is 0 Å². The van der Waals surface area contributed by atoms with E-state index in [4.69, 9.17) is 4.52 Å². The molecule has 0 aliphatic heterocycles. The van der Waals surface area contributed by atoms with Gasteiger partial charge in [0.2, 0.25) is 11.7 Å². The highest BCUT2D eigenvalue weighted by molar-refractivity contribution is 5.59. The SMILES string of the molecule is CC1(C)CC(c2nc(-c3ccc(F)c(-n4ccnc4)c3)no2)C1. The number of aromatic nitrogens is 4. The lowest BCUT2D eigenvalue weighted by Crippen LogP contribution is -2.29. The van der Waals surface area contributed by atoms with Crippen molar-refractivity contribution in [3.05, 3.63) is 48.6 Å². The minimum Gasteiger partial charge on any atom is -0.339 e. The Bertz CT molecular complexity index is 830. The standard InChI is InChI=1S/C17H17FN4O/c1-17(2)8-12(9-17)16-20-15(21-23-16)11-3-4-13(18)14(7-11)22-6-5-19-10-22/h3-7,10,12H,8-9H2,1-2H3. The molecule has 0 unspecified atom stereocenters. The molecule has 5 nitrogen and oxygen atoms in total. The quantitative estimate of drug-likeness (QED) is 0.734. The van der Waals surface area contributed by atoms with Gasteiger partial charge >= 0.3 is 0 Å². The number of nitrogens with zero attached hydrogens (tertiary/aromatic N) is 4. The van der Waals surface area contributed by atoms with Gasteiger partial charge in [0, 0.05) is 23.9 Å². The first kappa shape index (κ1) is 14.1. The van der Waals surface area contributed by atoms with E-state index in [1.54, 1.807) is 35.4 Å². The Hall–Kier alpha value is -2.50. The zero-order valence-corrected chi connectivity index (χ0v) is 13.0. The van der Waals surface area contributed by atoms with Gasteiger partial charge in [-0.1, -0.05) is 19.0 Å². The fraction of sp³-hybridized carbons (Fsp3) is 0.353. The molecule has 0 N–H and O–H groups in total. The van der Waals surface area contributed by atoms with Gasteiger partial charge in [0.1, 0.15) is 5.82 Å². The van der Waals surface area contributed by atoms with Gasteiger partial charge in [-0.25, -0.2) is 9.37 Å². The second-order valence-electron chi connectivity index (χ2n) is 6.86. The van der Waals surface area contributed by atoms with E-state index in [2.05, 4.69) is 29.0 Å². The van der Waals surface area contributed by atoms with E-state index in [1.165, 1.54) is 6.07 Å². The van der Waals surface area contributed by atoms with Crippen LogP contribution >= 0.6 is 0 Å². The third-order valence-electron chi connectivity index (χ3n) is 4.38. The third-order valence-corrected chi connectivity index (χ3v) is 4.38. The lowest BCUT2D eigenvalue weighted by Gasteiger charge is -2.40. The summed E-state index contributed by atoms with van der Waals surface area (Å²) in [6.07, 6.45) is 6.97. The van der Waals surface area contributed by atoms with Gasteiger partial charge in [0.25, 0.3) is 0 Å². The summed E-state index contributed by atoms with van der Waals surface area (Å²) >= 11 is 0. The second kappa shape index (κ2) is 5.01. The summed E-state index contributed by atoms with van der Waals surface area (Å²) in [7, 11) is 0. The van der Waals surface area contributed by atoms with E-state index in [0.29, 0.717) is 28.7 Å². The number of benzene rings is 1. The summed E-state index contributed by atoms with van der Waals surface area (Å²) < 4.78 is 21.0. The van der Waals surface area contributed by atoms with Gasteiger partial charge in [0.05, 0.1) is 12.0 Å². The van der Waals surface area contributed by atoms with Crippen LogP contribution in [0.3, 0.4) is 0 Å². The van der Waals surface area contributed by atoms with Gasteiger partial charge < -0.3 is 9.09 Å². The van der Waals surface area contributed by atoms with E-state index >= 15 is 0 Å². The lowest BCUT2D eigenvalue weighted by atomic mass is 9.64. The van der Waals surface area contributed by atoms with Gasteiger partial charge in [-0.2, -0.15) is 4.98 Å². The lowest BCUT2D eigenvalue weighted by molar-refractivity contribution is 0.124. The average Bonchev–Trinajstić information content (AvgIpc) is 3.17. The van der Waals surface area contributed by atoms with Crippen LogP contribution in [-0.4, -0.2) is 19.7 Å². The molecule has 2 heterocycles. The molecule has 2 aromatic heterocycles. The number of halogens is 1. The monoisotopic (exact) mass is 312 g/mol. The van der Waals surface area contributed by atoms with Crippen molar-refractivity contribution in [2.24, 2.45) is 5.41 Å². The molecule has 0 bridgehead atoms. The molecule has 118 valence electrons. The molecule has 0 saturated heterocycles. The molecular formula is C17H17FN4O. The first-order valence-electron chi connectivity index (χ1n) is 7.64. The highest BCUT2D eigenvalue weighted by Crippen LogP contribution is 2.50. The van der Waals surface area contributed by atoms with Crippen molar-refractivity contribution in [3.63, 3.8) is 0 Å². The maximum absolute atomic E-state index is 14.0. The zero-order chi connectivity index (χ0) is 16.0. The Labute approximate surface area is 133 Å². The summed E-state index contributed by atoms with van der Waals surface area (Å²) in [4.78, 5) is 8.44. The fourth-order valence-electron chi connectivity index (χ4n) is 3.22. The van der Waals surface area contributed by atoms with Crippen LogP contribution < -0.4 is 0 Å². The molecule has 3 aromatic rings. The van der Waals surface area contributed by atoms with Crippen molar-refractivity contribution in [2.45, 2.75) is 32.6 Å². The molecule has 23 heavy (non-hydrogen) atoms. The van der Waals surface area contributed by atoms with Crippen molar-refractivity contribution < 1.29 is 8.91 Å². The number of rotatable bonds is 3. The van der Waals surface area contributed by atoms with Crippen molar-refractivity contribution >= 4 is 0 Å². The Morgan fingerprint density at radius 1 is 1.30 bits per heavy atom. The average molecular weight is 312 g/mol. The maximum atomic E-state index is 14.0. The summed E-state index contributed by atoms with van der Waals surface area (Å²) in [6.45, 7) is 4.47. The number of hydrogen-bond donors (Lipinski definition) is 0. The molecule has 1 aliphatic carbocycles. The first-order valence-corrected chi connectivity index (χ1v) is 7.64. The molecule has 1 aromatic carbocycles. The molecular weight excluding hydrogens is 295 g/mol. The van der Waals surface area contributed by atoms with E-state index in [0.717, 1.165) is 18.4 Å². The van der Waals surface area contributed by atoms with Gasteiger partial charge in [-0.05, 0) is 36.5 Å². The second-order valence-corrected chi connectivity index (χ2v) is 6.86. The minimum absolute atomic E-state index is 0.323. The van der Waals surface area contributed by atoms with E-state index in [1.807, 2.05) is 0 Å². The molecule has 0 amide bonds. The van der Waals surface area contributed by atoms with E-state index in [-0.39, 0.29) is 5.82 Å². The highest BCUT2D eigenvalue weighted by atomic mass is 19.1. The van der Waals surface area contributed by atoms with Crippen LogP contribution in [0.2, 0.25) is 0 Å². The van der Waals surface area contributed by atoms with E-state index < -0.39 is 0 Å². The summed E-state index contributed by atoms with van der Waals surface area (Å²) in [5, 5.41) is 4.06. The summed E-state index contributed by atoms with van der Waals surface area (Å²) in [5.74, 6) is 1.18.